The van der Waals surface area contributed by atoms with Gasteiger partial charge in [-0.2, -0.15) is 0 Å². The summed E-state index contributed by atoms with van der Waals surface area (Å²) < 4.78 is 0. The Morgan fingerprint density at radius 1 is 0.870 bits per heavy atom. The zero-order valence-corrected chi connectivity index (χ0v) is 14.1. The standard InChI is InChI=1S/C19H23N3S/c20-19(23)14-16-6-4-5-7-17(16)15-21-10-12-22(13-11-21)18-8-2-1-3-9-18/h1-9H,10-15H2,(H2,20,23). The van der Waals surface area contributed by atoms with Crippen molar-refractivity contribution in [2.24, 2.45) is 5.73 Å². The molecular formula is C19H23N3S. The normalized spacial score (nSPS) is 15.6. The molecule has 1 heterocycles. The maximum atomic E-state index is 5.72. The van der Waals surface area contributed by atoms with E-state index in [9.17, 15) is 0 Å². The molecule has 0 saturated carbocycles. The summed E-state index contributed by atoms with van der Waals surface area (Å²) in [5.41, 5.74) is 9.64. The number of para-hydroxylation sites is 1. The highest BCUT2D eigenvalue weighted by atomic mass is 32.1. The van der Waals surface area contributed by atoms with Crippen LogP contribution in [0.15, 0.2) is 54.6 Å². The molecule has 1 fully saturated rings. The Bertz CT molecular complexity index is 649. The molecule has 0 amide bonds. The van der Waals surface area contributed by atoms with Crippen LogP contribution in [0, 0.1) is 0 Å². The van der Waals surface area contributed by atoms with Crippen molar-refractivity contribution in [2.75, 3.05) is 31.1 Å². The van der Waals surface area contributed by atoms with E-state index in [0.29, 0.717) is 11.4 Å². The Labute approximate surface area is 143 Å². The molecule has 3 nitrogen and oxygen atoms in total. The summed E-state index contributed by atoms with van der Waals surface area (Å²) in [6.45, 7) is 5.27. The van der Waals surface area contributed by atoms with Gasteiger partial charge < -0.3 is 10.6 Å². The maximum Gasteiger partial charge on any atom is 0.0771 e. The van der Waals surface area contributed by atoms with Crippen LogP contribution in [-0.2, 0) is 13.0 Å². The van der Waals surface area contributed by atoms with Crippen LogP contribution in [0.3, 0.4) is 0 Å². The second kappa shape index (κ2) is 7.57. The monoisotopic (exact) mass is 325 g/mol. The minimum Gasteiger partial charge on any atom is -0.393 e. The Kier molecular flexibility index (Phi) is 5.26. The Morgan fingerprint density at radius 2 is 1.48 bits per heavy atom. The van der Waals surface area contributed by atoms with E-state index in [1.807, 2.05) is 0 Å². The van der Waals surface area contributed by atoms with Crippen molar-refractivity contribution in [2.45, 2.75) is 13.0 Å². The van der Waals surface area contributed by atoms with Crippen molar-refractivity contribution in [1.29, 1.82) is 0 Å². The molecule has 4 heteroatoms. The fraction of sp³-hybridized carbons (Fsp3) is 0.316. The molecule has 23 heavy (non-hydrogen) atoms. The highest BCUT2D eigenvalue weighted by Gasteiger charge is 2.18. The molecule has 2 N–H and O–H groups in total. The minimum absolute atomic E-state index is 0.561. The lowest BCUT2D eigenvalue weighted by Crippen LogP contribution is -2.46. The van der Waals surface area contributed by atoms with Crippen LogP contribution in [0.25, 0.3) is 0 Å². The lowest BCUT2D eigenvalue weighted by Gasteiger charge is -2.36. The van der Waals surface area contributed by atoms with Gasteiger partial charge in [-0.25, -0.2) is 0 Å². The smallest absolute Gasteiger partial charge is 0.0771 e. The fourth-order valence-corrected chi connectivity index (χ4v) is 3.27. The number of piperazine rings is 1. The van der Waals surface area contributed by atoms with Crippen LogP contribution < -0.4 is 10.6 Å². The summed E-state index contributed by atoms with van der Waals surface area (Å²) in [6, 6.07) is 19.1. The largest absolute Gasteiger partial charge is 0.393 e. The number of nitrogens with zero attached hydrogens (tertiary/aromatic N) is 2. The van der Waals surface area contributed by atoms with Gasteiger partial charge in [0.25, 0.3) is 0 Å². The highest BCUT2D eigenvalue weighted by Crippen LogP contribution is 2.18. The highest BCUT2D eigenvalue weighted by molar-refractivity contribution is 7.80. The van der Waals surface area contributed by atoms with E-state index in [1.165, 1.54) is 16.8 Å². The number of nitrogens with two attached hydrogens (primary N) is 1. The molecule has 1 aliphatic heterocycles. The molecule has 0 radical (unpaired) electrons. The summed E-state index contributed by atoms with van der Waals surface area (Å²) in [5, 5.41) is 0. The molecule has 0 unspecified atom stereocenters. The predicted octanol–water partition coefficient (Wildman–Crippen LogP) is 2.84. The van der Waals surface area contributed by atoms with Gasteiger partial charge in [0.05, 0.1) is 4.99 Å². The van der Waals surface area contributed by atoms with E-state index in [0.717, 1.165) is 32.7 Å². The van der Waals surface area contributed by atoms with Gasteiger partial charge in [-0.1, -0.05) is 54.7 Å². The predicted molar refractivity (Wildman–Crippen MR) is 101 cm³/mol. The van der Waals surface area contributed by atoms with Crippen molar-refractivity contribution in [1.82, 2.24) is 4.90 Å². The summed E-state index contributed by atoms with van der Waals surface area (Å²) in [7, 11) is 0. The van der Waals surface area contributed by atoms with E-state index < -0.39 is 0 Å². The molecule has 1 saturated heterocycles. The molecule has 0 atom stereocenters. The third kappa shape index (κ3) is 4.30. The molecule has 2 aromatic carbocycles. The van der Waals surface area contributed by atoms with Crippen LogP contribution in [0.1, 0.15) is 11.1 Å². The van der Waals surface area contributed by atoms with E-state index in [2.05, 4.69) is 64.4 Å². The van der Waals surface area contributed by atoms with Gasteiger partial charge >= 0.3 is 0 Å². The first-order valence-electron chi connectivity index (χ1n) is 8.10. The SMILES string of the molecule is NC(=S)Cc1ccccc1CN1CCN(c2ccccc2)CC1. The van der Waals surface area contributed by atoms with E-state index in [-0.39, 0.29) is 0 Å². The number of rotatable bonds is 5. The number of benzene rings is 2. The molecule has 0 aliphatic carbocycles. The van der Waals surface area contributed by atoms with Gasteiger partial charge in [0.2, 0.25) is 0 Å². The number of thiocarbonyl (C=S) groups is 1. The first kappa shape index (κ1) is 16.0. The average Bonchev–Trinajstić information content (AvgIpc) is 2.58. The molecule has 120 valence electrons. The Balaban J connectivity index is 1.60. The number of hydrogen-bond acceptors (Lipinski definition) is 3. The quantitative estimate of drug-likeness (QED) is 0.857. The van der Waals surface area contributed by atoms with Gasteiger partial charge in [0.15, 0.2) is 0 Å². The average molecular weight is 325 g/mol. The zero-order chi connectivity index (χ0) is 16.1. The third-order valence-electron chi connectivity index (χ3n) is 4.37. The second-order valence-electron chi connectivity index (χ2n) is 6.01. The van der Waals surface area contributed by atoms with Crippen molar-refractivity contribution < 1.29 is 0 Å². The van der Waals surface area contributed by atoms with Crippen molar-refractivity contribution in [3.8, 4) is 0 Å². The van der Waals surface area contributed by atoms with Gasteiger partial charge in [-0.3, -0.25) is 4.90 Å². The summed E-state index contributed by atoms with van der Waals surface area (Å²) in [6.07, 6.45) is 0.690. The molecule has 0 aromatic heterocycles. The van der Waals surface area contributed by atoms with Gasteiger partial charge in [0, 0.05) is 44.8 Å². The molecule has 1 aliphatic rings. The topological polar surface area (TPSA) is 32.5 Å². The first-order valence-corrected chi connectivity index (χ1v) is 8.50. The second-order valence-corrected chi connectivity index (χ2v) is 6.53. The van der Waals surface area contributed by atoms with Crippen molar-refractivity contribution in [3.05, 3.63) is 65.7 Å². The molecule has 3 rings (SSSR count). The third-order valence-corrected chi connectivity index (χ3v) is 4.51. The lowest BCUT2D eigenvalue weighted by molar-refractivity contribution is 0.249. The maximum absolute atomic E-state index is 5.72. The number of anilines is 1. The van der Waals surface area contributed by atoms with Crippen molar-refractivity contribution >= 4 is 22.9 Å². The van der Waals surface area contributed by atoms with Crippen LogP contribution in [0.2, 0.25) is 0 Å². The van der Waals surface area contributed by atoms with E-state index in [4.69, 9.17) is 18.0 Å². The molecule has 2 aromatic rings. The molecule has 0 bridgehead atoms. The lowest BCUT2D eigenvalue weighted by atomic mass is 10.0. The fourth-order valence-electron chi connectivity index (χ4n) is 3.12. The van der Waals surface area contributed by atoms with Crippen LogP contribution in [0.4, 0.5) is 5.69 Å². The van der Waals surface area contributed by atoms with Crippen LogP contribution >= 0.6 is 12.2 Å². The Hall–Kier alpha value is -1.91. The van der Waals surface area contributed by atoms with Gasteiger partial charge in [-0.05, 0) is 23.3 Å². The molecule has 0 spiro atoms. The van der Waals surface area contributed by atoms with Gasteiger partial charge in [0.1, 0.15) is 0 Å². The zero-order valence-electron chi connectivity index (χ0n) is 13.3. The minimum atomic E-state index is 0.561. The van der Waals surface area contributed by atoms with Crippen LogP contribution in [-0.4, -0.2) is 36.1 Å². The summed E-state index contributed by atoms with van der Waals surface area (Å²) in [5.74, 6) is 0. The van der Waals surface area contributed by atoms with Crippen LogP contribution in [0.5, 0.6) is 0 Å². The van der Waals surface area contributed by atoms with Gasteiger partial charge in [-0.15, -0.1) is 0 Å². The first-order chi connectivity index (χ1) is 11.2. The summed E-state index contributed by atoms with van der Waals surface area (Å²) in [4.78, 5) is 5.53. The van der Waals surface area contributed by atoms with E-state index in [1.54, 1.807) is 0 Å². The van der Waals surface area contributed by atoms with E-state index >= 15 is 0 Å². The number of hydrogen-bond donors (Lipinski definition) is 1. The molecular weight excluding hydrogens is 302 g/mol. The Morgan fingerprint density at radius 3 is 2.13 bits per heavy atom. The van der Waals surface area contributed by atoms with Crippen molar-refractivity contribution in [3.63, 3.8) is 0 Å². The summed E-state index contributed by atoms with van der Waals surface area (Å²) >= 11 is 5.07.